The lowest BCUT2D eigenvalue weighted by Crippen LogP contribution is -2.49. The summed E-state index contributed by atoms with van der Waals surface area (Å²) in [5.41, 5.74) is 3.36. The second kappa shape index (κ2) is 6.42. The Morgan fingerprint density at radius 3 is 2.19 bits per heavy atom. The van der Waals surface area contributed by atoms with Gasteiger partial charge in [0.05, 0.1) is 0 Å². The summed E-state index contributed by atoms with van der Waals surface area (Å²) in [6.45, 7) is 3.98. The van der Waals surface area contributed by atoms with Gasteiger partial charge in [-0.15, -0.1) is 0 Å². The number of rotatable bonds is 1. The number of hydrogen-bond acceptors (Lipinski definition) is 4. The van der Waals surface area contributed by atoms with Crippen molar-refractivity contribution in [2.45, 2.75) is 38.3 Å². The zero-order chi connectivity index (χ0) is 15.6. The summed E-state index contributed by atoms with van der Waals surface area (Å²) in [6.07, 6.45) is -2.75. The van der Waals surface area contributed by atoms with E-state index >= 15 is 0 Å². The van der Waals surface area contributed by atoms with E-state index in [9.17, 15) is 15.3 Å². The molecule has 0 fully saturated rings. The Balaban J connectivity index is 2.29. The van der Waals surface area contributed by atoms with Crippen LogP contribution in [0.5, 0.6) is 0 Å². The van der Waals surface area contributed by atoms with Crippen LogP contribution in [0.1, 0.15) is 16.7 Å². The van der Waals surface area contributed by atoms with E-state index in [2.05, 4.69) is 17.9 Å². The molecular formula is C17H20O4. The summed E-state index contributed by atoms with van der Waals surface area (Å²) in [7, 11) is 1.38. The Labute approximate surface area is 124 Å². The van der Waals surface area contributed by atoms with Gasteiger partial charge < -0.3 is 20.1 Å². The third kappa shape index (κ3) is 3.52. The number of aliphatic hydroxyl groups is 3. The van der Waals surface area contributed by atoms with Crippen LogP contribution in [-0.4, -0.2) is 46.8 Å². The molecule has 0 unspecified atom stereocenters. The second-order valence-electron chi connectivity index (χ2n) is 5.37. The predicted molar refractivity (Wildman–Crippen MR) is 79.7 cm³/mol. The molecule has 2 rings (SSSR count). The first-order valence-corrected chi connectivity index (χ1v) is 6.81. The standard InChI is InChI=1S/C17H20O4/c1-10-6-11(2)8-12(7-10)4-5-13-9-14(18)17(21-3)16(20)15(13)19/h6-9,14-20H,1-3H3/t14-,15-,16-,17-/m1/s1. The van der Waals surface area contributed by atoms with Crippen LogP contribution in [0.25, 0.3) is 0 Å². The monoisotopic (exact) mass is 288 g/mol. The Kier molecular flexibility index (Phi) is 4.81. The fraction of sp³-hybridized carbons (Fsp3) is 0.412. The average molecular weight is 288 g/mol. The molecule has 4 nitrogen and oxygen atoms in total. The third-order valence-corrected chi connectivity index (χ3v) is 3.51. The van der Waals surface area contributed by atoms with Crippen molar-refractivity contribution in [1.82, 2.24) is 0 Å². The van der Waals surface area contributed by atoms with E-state index in [0.717, 1.165) is 16.7 Å². The second-order valence-corrected chi connectivity index (χ2v) is 5.37. The molecule has 4 heteroatoms. The number of hydrogen-bond donors (Lipinski definition) is 3. The fourth-order valence-electron chi connectivity index (χ4n) is 2.53. The van der Waals surface area contributed by atoms with Crippen molar-refractivity contribution in [2.75, 3.05) is 7.11 Å². The van der Waals surface area contributed by atoms with Crippen molar-refractivity contribution >= 4 is 0 Å². The van der Waals surface area contributed by atoms with Gasteiger partial charge in [0.1, 0.15) is 24.4 Å². The van der Waals surface area contributed by atoms with Crippen molar-refractivity contribution in [3.05, 3.63) is 46.5 Å². The number of methoxy groups -OCH3 is 1. The van der Waals surface area contributed by atoms with Crippen molar-refractivity contribution in [1.29, 1.82) is 0 Å². The minimum Gasteiger partial charge on any atom is -0.387 e. The molecule has 0 saturated carbocycles. The van der Waals surface area contributed by atoms with Crippen molar-refractivity contribution in [3.8, 4) is 11.8 Å². The lowest BCUT2D eigenvalue weighted by Gasteiger charge is -2.32. The van der Waals surface area contributed by atoms with E-state index in [1.807, 2.05) is 26.0 Å². The average Bonchev–Trinajstić information content (AvgIpc) is 2.41. The Morgan fingerprint density at radius 2 is 1.62 bits per heavy atom. The molecule has 1 aromatic rings. The molecule has 0 saturated heterocycles. The van der Waals surface area contributed by atoms with Crippen molar-refractivity contribution < 1.29 is 20.1 Å². The summed E-state index contributed by atoms with van der Waals surface area (Å²) < 4.78 is 4.98. The predicted octanol–water partition coefficient (Wildman–Crippen LogP) is 0.693. The largest absolute Gasteiger partial charge is 0.387 e. The van der Waals surface area contributed by atoms with E-state index < -0.39 is 24.4 Å². The fourth-order valence-corrected chi connectivity index (χ4v) is 2.53. The van der Waals surface area contributed by atoms with Gasteiger partial charge in [0, 0.05) is 18.2 Å². The molecule has 0 spiro atoms. The molecule has 112 valence electrons. The molecule has 0 amide bonds. The van der Waals surface area contributed by atoms with E-state index in [-0.39, 0.29) is 0 Å². The SMILES string of the molecule is CO[C@H]1[C@H](O)[C@H](O)C(C#Cc2cc(C)cc(C)c2)=C[C@H]1O. The number of benzene rings is 1. The third-order valence-electron chi connectivity index (χ3n) is 3.51. The van der Waals surface area contributed by atoms with Gasteiger partial charge >= 0.3 is 0 Å². The Hall–Kier alpha value is -1.64. The highest BCUT2D eigenvalue weighted by atomic mass is 16.5. The van der Waals surface area contributed by atoms with Gasteiger partial charge in [-0.25, -0.2) is 0 Å². The molecule has 21 heavy (non-hydrogen) atoms. The van der Waals surface area contributed by atoms with E-state index in [1.165, 1.54) is 13.2 Å². The lowest BCUT2D eigenvalue weighted by molar-refractivity contribution is -0.108. The van der Waals surface area contributed by atoms with Crippen LogP contribution in [0.3, 0.4) is 0 Å². The summed E-state index contributed by atoms with van der Waals surface area (Å²) in [5.74, 6) is 5.79. The van der Waals surface area contributed by atoms with Crippen LogP contribution < -0.4 is 0 Å². The van der Waals surface area contributed by atoms with Crippen LogP contribution >= 0.6 is 0 Å². The highest BCUT2D eigenvalue weighted by Gasteiger charge is 2.37. The smallest absolute Gasteiger partial charge is 0.115 e. The lowest BCUT2D eigenvalue weighted by atomic mass is 9.89. The zero-order valence-electron chi connectivity index (χ0n) is 12.4. The molecule has 3 N–H and O–H groups in total. The molecule has 1 aliphatic carbocycles. The minimum atomic E-state index is -1.20. The molecule has 0 heterocycles. The molecule has 1 aromatic carbocycles. The normalized spacial score (nSPS) is 28.6. The summed E-state index contributed by atoms with van der Waals surface area (Å²) >= 11 is 0. The number of aryl methyl sites for hydroxylation is 2. The van der Waals surface area contributed by atoms with Gasteiger partial charge in [0.2, 0.25) is 0 Å². The van der Waals surface area contributed by atoms with E-state index in [1.54, 1.807) is 0 Å². The topological polar surface area (TPSA) is 69.9 Å². The molecular weight excluding hydrogens is 268 g/mol. The molecule has 0 aromatic heterocycles. The van der Waals surface area contributed by atoms with Crippen LogP contribution in [-0.2, 0) is 4.74 Å². The first-order valence-electron chi connectivity index (χ1n) is 6.81. The number of ether oxygens (including phenoxy) is 1. The minimum absolute atomic E-state index is 0.308. The zero-order valence-corrected chi connectivity index (χ0v) is 12.4. The van der Waals surface area contributed by atoms with Crippen molar-refractivity contribution in [3.63, 3.8) is 0 Å². The van der Waals surface area contributed by atoms with Gasteiger partial charge in [-0.3, -0.25) is 0 Å². The summed E-state index contributed by atoms with van der Waals surface area (Å²) in [5, 5.41) is 29.8. The van der Waals surface area contributed by atoms with Gasteiger partial charge in [0.25, 0.3) is 0 Å². The number of aliphatic hydroxyl groups excluding tert-OH is 3. The molecule has 0 aliphatic heterocycles. The molecule has 1 aliphatic rings. The maximum atomic E-state index is 10.0. The summed E-state index contributed by atoms with van der Waals surface area (Å²) in [4.78, 5) is 0. The highest BCUT2D eigenvalue weighted by molar-refractivity contribution is 5.46. The van der Waals surface area contributed by atoms with Gasteiger partial charge in [-0.05, 0) is 43.2 Å². The molecule has 0 bridgehead atoms. The quantitative estimate of drug-likeness (QED) is 0.665. The molecule has 4 atom stereocenters. The maximum Gasteiger partial charge on any atom is 0.115 e. The van der Waals surface area contributed by atoms with E-state index in [0.29, 0.717) is 5.57 Å². The van der Waals surface area contributed by atoms with Crippen LogP contribution in [0, 0.1) is 25.7 Å². The maximum absolute atomic E-state index is 10.0. The first-order chi connectivity index (χ1) is 9.92. The van der Waals surface area contributed by atoms with Crippen LogP contribution in [0.2, 0.25) is 0 Å². The van der Waals surface area contributed by atoms with E-state index in [4.69, 9.17) is 4.74 Å². The summed E-state index contributed by atoms with van der Waals surface area (Å²) in [6, 6.07) is 5.94. The van der Waals surface area contributed by atoms with Crippen LogP contribution in [0.15, 0.2) is 29.8 Å². The first kappa shape index (κ1) is 15.7. The highest BCUT2D eigenvalue weighted by Crippen LogP contribution is 2.22. The van der Waals surface area contributed by atoms with Gasteiger partial charge in [0.15, 0.2) is 0 Å². The Bertz CT molecular complexity index is 589. The van der Waals surface area contributed by atoms with Gasteiger partial charge in [-0.1, -0.05) is 17.9 Å². The Morgan fingerprint density at radius 1 is 1.00 bits per heavy atom. The van der Waals surface area contributed by atoms with Crippen LogP contribution in [0.4, 0.5) is 0 Å². The molecule has 0 radical (unpaired) electrons. The van der Waals surface area contributed by atoms with Gasteiger partial charge in [-0.2, -0.15) is 0 Å². The van der Waals surface area contributed by atoms with Crippen molar-refractivity contribution in [2.24, 2.45) is 0 Å².